The first-order chi connectivity index (χ1) is 27.0. The van der Waals surface area contributed by atoms with Crippen molar-refractivity contribution in [1.82, 2.24) is 4.90 Å². The third-order valence-electron chi connectivity index (χ3n) is 11.1. The van der Waals surface area contributed by atoms with Gasteiger partial charge >= 0.3 is 11.9 Å². The summed E-state index contributed by atoms with van der Waals surface area (Å²) in [5.74, 6) is 0.696. The number of carbonyl (C=O) groups is 2. The van der Waals surface area contributed by atoms with E-state index in [1.807, 2.05) is 13.8 Å². The molecule has 0 aromatic carbocycles. The number of aliphatic hydroxyl groups excluding tert-OH is 1. The monoisotopic (exact) mass is 782 g/mol. The number of rotatable bonds is 43. The molecule has 6 heteroatoms. The second-order valence-electron chi connectivity index (χ2n) is 16.3. The van der Waals surface area contributed by atoms with Crippen LogP contribution in [0.25, 0.3) is 0 Å². The average molecular weight is 782 g/mol. The molecule has 0 bridgehead atoms. The van der Waals surface area contributed by atoms with Crippen molar-refractivity contribution >= 4 is 11.9 Å². The van der Waals surface area contributed by atoms with E-state index in [9.17, 15) is 14.7 Å². The van der Waals surface area contributed by atoms with Gasteiger partial charge in [0.25, 0.3) is 0 Å². The van der Waals surface area contributed by atoms with Gasteiger partial charge in [0.2, 0.25) is 0 Å². The van der Waals surface area contributed by atoms with Gasteiger partial charge in [-0.25, -0.2) is 0 Å². The van der Waals surface area contributed by atoms with Gasteiger partial charge in [0.05, 0.1) is 13.2 Å². The van der Waals surface area contributed by atoms with Crippen molar-refractivity contribution in [2.24, 2.45) is 5.92 Å². The Morgan fingerprint density at radius 3 is 1.36 bits per heavy atom. The maximum Gasteiger partial charge on any atom is 0.306 e. The van der Waals surface area contributed by atoms with E-state index < -0.39 is 0 Å². The molecular formula is C49H99NO5. The Morgan fingerprint density at radius 2 is 0.873 bits per heavy atom. The van der Waals surface area contributed by atoms with Crippen LogP contribution in [0.2, 0.25) is 0 Å². The maximum absolute atomic E-state index is 12.7. The molecule has 0 saturated heterocycles. The van der Waals surface area contributed by atoms with E-state index in [1.54, 1.807) is 0 Å². The minimum Gasteiger partial charge on any atom is -0.466 e. The molecule has 1 atom stereocenters. The Morgan fingerprint density at radius 1 is 0.455 bits per heavy atom. The average Bonchev–Trinajstić information content (AvgIpc) is 3.18. The number of hydrogen-bond acceptors (Lipinski definition) is 6. The van der Waals surface area contributed by atoms with Crippen molar-refractivity contribution in [3.63, 3.8) is 0 Å². The number of esters is 2. The van der Waals surface area contributed by atoms with Gasteiger partial charge in [-0.05, 0) is 76.8 Å². The summed E-state index contributed by atoms with van der Waals surface area (Å²) in [6.45, 7) is 16.6. The van der Waals surface area contributed by atoms with Crippen molar-refractivity contribution in [3.05, 3.63) is 0 Å². The van der Waals surface area contributed by atoms with E-state index in [4.69, 9.17) is 9.47 Å². The van der Waals surface area contributed by atoms with Crippen molar-refractivity contribution in [2.45, 2.75) is 266 Å². The molecule has 0 aromatic heterocycles. The molecule has 0 heterocycles. The lowest BCUT2D eigenvalue weighted by atomic mass is 9.93. The number of nitrogens with zero attached hydrogens (tertiary/aromatic N) is 1. The molecule has 0 aliphatic rings. The molecule has 0 fully saturated rings. The fourth-order valence-electron chi connectivity index (χ4n) is 7.67. The first kappa shape index (κ1) is 56.0. The minimum absolute atomic E-state index is 0.0142. The molecule has 330 valence electrons. The van der Waals surface area contributed by atoms with Gasteiger partial charge in [0.1, 0.15) is 6.10 Å². The predicted octanol–water partition coefficient (Wildman–Crippen LogP) is 14.7. The zero-order valence-electron chi connectivity index (χ0n) is 38.3. The first-order valence-corrected chi connectivity index (χ1v) is 24.7. The molecule has 0 aromatic rings. The fraction of sp³-hybridized carbons (Fsp3) is 0.959. The van der Waals surface area contributed by atoms with Gasteiger partial charge in [0.15, 0.2) is 0 Å². The number of ether oxygens (including phenoxy) is 2. The Bertz CT molecular complexity index is 746. The van der Waals surface area contributed by atoms with Gasteiger partial charge in [-0.3, -0.25) is 9.59 Å². The standard InChI is InChI=1S/C47H93NO5.C2H6/c1-5-9-12-15-19-26-34-45(35-27-20-16-13-10-6-2)53-47(51)37-29-22-18-24-31-40-48(41-42-49)39-30-23-17-21-28-36-46(50)52-43-38-44(32-8-4)33-25-14-11-7-3;1-2/h44-45,49H,5-43H2,1-4H3;1-2H3. The van der Waals surface area contributed by atoms with Crippen molar-refractivity contribution < 1.29 is 24.2 Å². The van der Waals surface area contributed by atoms with Crippen LogP contribution in [0, 0.1) is 5.92 Å². The van der Waals surface area contributed by atoms with Crippen LogP contribution in [0.15, 0.2) is 0 Å². The largest absolute Gasteiger partial charge is 0.466 e. The van der Waals surface area contributed by atoms with E-state index in [2.05, 4.69) is 32.6 Å². The van der Waals surface area contributed by atoms with E-state index >= 15 is 0 Å². The Kier molecular flexibility index (Phi) is 48.1. The molecule has 6 nitrogen and oxygen atoms in total. The third kappa shape index (κ3) is 42.3. The molecule has 0 rings (SSSR count). The summed E-state index contributed by atoms with van der Waals surface area (Å²) in [4.78, 5) is 27.3. The minimum atomic E-state index is -0.0217. The van der Waals surface area contributed by atoms with Crippen molar-refractivity contribution in [1.29, 1.82) is 0 Å². The molecule has 1 N–H and O–H groups in total. The SMILES string of the molecule is CC.CCCCCCCCC(CCCCCCCC)OC(=O)CCCCCCCN(CCO)CCCCCCCC(=O)OCCC(CCC)CCCCCC. The maximum atomic E-state index is 12.7. The van der Waals surface area contributed by atoms with Crippen LogP contribution in [0.3, 0.4) is 0 Å². The smallest absolute Gasteiger partial charge is 0.306 e. The lowest BCUT2D eigenvalue weighted by Crippen LogP contribution is -2.29. The number of aliphatic hydroxyl groups is 1. The Balaban J connectivity index is 0. The molecular weight excluding hydrogens is 683 g/mol. The predicted molar refractivity (Wildman–Crippen MR) is 239 cm³/mol. The number of hydrogen-bond donors (Lipinski definition) is 1. The van der Waals surface area contributed by atoms with Crippen molar-refractivity contribution in [2.75, 3.05) is 32.8 Å². The van der Waals surface area contributed by atoms with Gasteiger partial charge in [-0.1, -0.05) is 189 Å². The molecule has 0 aliphatic carbocycles. The Hall–Kier alpha value is -1.14. The normalized spacial score (nSPS) is 11.9. The summed E-state index contributed by atoms with van der Waals surface area (Å²) in [5.41, 5.74) is 0. The quantitative estimate of drug-likeness (QED) is 0.0490. The summed E-state index contributed by atoms with van der Waals surface area (Å²) >= 11 is 0. The molecule has 0 aliphatic heterocycles. The van der Waals surface area contributed by atoms with E-state index in [1.165, 1.54) is 135 Å². The zero-order chi connectivity index (χ0) is 40.9. The second kappa shape index (κ2) is 47.2. The highest BCUT2D eigenvalue weighted by molar-refractivity contribution is 5.69. The van der Waals surface area contributed by atoms with Gasteiger partial charge in [0, 0.05) is 19.4 Å². The lowest BCUT2D eigenvalue weighted by Gasteiger charge is -2.21. The molecule has 55 heavy (non-hydrogen) atoms. The first-order valence-electron chi connectivity index (χ1n) is 24.7. The topological polar surface area (TPSA) is 76.1 Å². The zero-order valence-corrected chi connectivity index (χ0v) is 38.3. The van der Waals surface area contributed by atoms with Crippen LogP contribution in [-0.2, 0) is 19.1 Å². The molecule has 1 unspecified atom stereocenters. The summed E-state index contributed by atoms with van der Waals surface area (Å²) in [6, 6.07) is 0. The van der Waals surface area contributed by atoms with Crippen LogP contribution < -0.4 is 0 Å². The highest BCUT2D eigenvalue weighted by Gasteiger charge is 2.15. The summed E-state index contributed by atoms with van der Waals surface area (Å²) in [6.07, 6.45) is 39.6. The summed E-state index contributed by atoms with van der Waals surface area (Å²) < 4.78 is 11.6. The van der Waals surface area contributed by atoms with Crippen LogP contribution in [0.4, 0.5) is 0 Å². The molecule has 0 saturated carbocycles. The highest BCUT2D eigenvalue weighted by Crippen LogP contribution is 2.21. The highest BCUT2D eigenvalue weighted by atomic mass is 16.5. The van der Waals surface area contributed by atoms with Gasteiger partial charge < -0.3 is 19.5 Å². The van der Waals surface area contributed by atoms with E-state index in [0.717, 1.165) is 90.3 Å². The number of carbonyl (C=O) groups excluding carboxylic acids is 2. The Labute approximate surface area is 344 Å². The van der Waals surface area contributed by atoms with E-state index in [-0.39, 0.29) is 24.6 Å². The van der Waals surface area contributed by atoms with Crippen LogP contribution in [-0.4, -0.2) is 60.9 Å². The molecule has 0 amide bonds. The fourth-order valence-corrected chi connectivity index (χ4v) is 7.67. The van der Waals surface area contributed by atoms with Gasteiger partial charge in [-0.15, -0.1) is 0 Å². The molecule has 0 radical (unpaired) electrons. The van der Waals surface area contributed by atoms with Gasteiger partial charge in [-0.2, -0.15) is 0 Å². The third-order valence-corrected chi connectivity index (χ3v) is 11.1. The van der Waals surface area contributed by atoms with Crippen LogP contribution in [0.1, 0.15) is 260 Å². The van der Waals surface area contributed by atoms with Crippen LogP contribution in [0.5, 0.6) is 0 Å². The van der Waals surface area contributed by atoms with E-state index in [0.29, 0.717) is 25.4 Å². The molecule has 0 spiro atoms. The number of unbranched alkanes of at least 4 members (excludes halogenated alkanes) is 21. The van der Waals surface area contributed by atoms with Crippen LogP contribution >= 0.6 is 0 Å². The summed E-state index contributed by atoms with van der Waals surface area (Å²) in [5, 5.41) is 9.58. The lowest BCUT2D eigenvalue weighted by molar-refractivity contribution is -0.150. The summed E-state index contributed by atoms with van der Waals surface area (Å²) in [7, 11) is 0. The van der Waals surface area contributed by atoms with Crippen molar-refractivity contribution in [3.8, 4) is 0 Å². The second-order valence-corrected chi connectivity index (χ2v) is 16.3.